The minimum absolute atomic E-state index is 0.117. The second-order valence-corrected chi connectivity index (χ2v) is 5.36. The van der Waals surface area contributed by atoms with Crippen LogP contribution in [0.3, 0.4) is 0 Å². The molecule has 0 unspecified atom stereocenters. The lowest BCUT2D eigenvalue weighted by atomic mass is 9.96. The molecule has 1 heterocycles. The lowest BCUT2D eigenvalue weighted by Gasteiger charge is -2.27. The van der Waals surface area contributed by atoms with Crippen molar-refractivity contribution in [3.63, 3.8) is 0 Å². The third-order valence-electron chi connectivity index (χ3n) is 3.98. The maximum atomic E-state index is 12.0. The summed E-state index contributed by atoms with van der Waals surface area (Å²) in [5.41, 5.74) is 5.86. The molecule has 0 aromatic heterocycles. The maximum Gasteiger partial charge on any atom is 0.248 e. The van der Waals surface area contributed by atoms with Crippen molar-refractivity contribution < 1.29 is 9.53 Å². The lowest BCUT2D eigenvalue weighted by Crippen LogP contribution is -2.44. The first kappa shape index (κ1) is 15.4. The molecule has 1 rings (SSSR count). The van der Waals surface area contributed by atoms with Crippen molar-refractivity contribution >= 4 is 5.91 Å². The molecule has 4 heteroatoms. The van der Waals surface area contributed by atoms with Crippen LogP contribution in [0.25, 0.3) is 0 Å². The summed E-state index contributed by atoms with van der Waals surface area (Å²) in [4.78, 5) is 13.9. The molecule has 1 saturated heterocycles. The Bertz CT molecular complexity index is 244. The van der Waals surface area contributed by atoms with Crippen LogP contribution in [0, 0.1) is 0 Å². The van der Waals surface area contributed by atoms with Gasteiger partial charge in [-0.3, -0.25) is 4.79 Å². The summed E-state index contributed by atoms with van der Waals surface area (Å²) in [5, 5.41) is 0. The van der Waals surface area contributed by atoms with E-state index in [1.165, 1.54) is 12.8 Å². The molecule has 0 spiro atoms. The van der Waals surface area contributed by atoms with Gasteiger partial charge >= 0.3 is 0 Å². The Morgan fingerprint density at radius 2 is 1.72 bits per heavy atom. The van der Waals surface area contributed by atoms with Gasteiger partial charge in [-0.25, -0.2) is 0 Å². The molecule has 0 radical (unpaired) electrons. The van der Waals surface area contributed by atoms with Gasteiger partial charge in [0.05, 0.1) is 6.61 Å². The molecule has 0 bridgehead atoms. The van der Waals surface area contributed by atoms with Crippen molar-refractivity contribution in [2.45, 2.75) is 57.9 Å². The van der Waals surface area contributed by atoms with E-state index in [0.717, 1.165) is 38.8 Å². The summed E-state index contributed by atoms with van der Waals surface area (Å²) in [6.45, 7) is 6.54. The molecule has 1 aliphatic rings. The van der Waals surface area contributed by atoms with E-state index in [0.29, 0.717) is 6.61 Å². The number of hydrogen-bond acceptors (Lipinski definition) is 3. The van der Waals surface area contributed by atoms with Crippen molar-refractivity contribution in [3.8, 4) is 0 Å². The van der Waals surface area contributed by atoms with Crippen LogP contribution in [0.5, 0.6) is 0 Å². The van der Waals surface area contributed by atoms with Crippen LogP contribution in [-0.4, -0.2) is 42.6 Å². The zero-order valence-corrected chi connectivity index (χ0v) is 11.9. The average Bonchev–Trinajstić information content (AvgIpc) is 2.67. The molecule has 4 nitrogen and oxygen atoms in total. The number of ether oxygens (including phenoxy) is 1. The standard InChI is InChI=1S/C14H28N2O2/c1-3-14(15,4-2)12-18-11-13(17)16-9-7-5-6-8-10-16/h3-12,15H2,1-2H3. The Kier molecular flexibility index (Phi) is 6.65. The van der Waals surface area contributed by atoms with Gasteiger partial charge in [0.15, 0.2) is 0 Å². The Balaban J connectivity index is 2.27. The molecule has 0 atom stereocenters. The highest BCUT2D eigenvalue weighted by Gasteiger charge is 2.22. The fourth-order valence-electron chi connectivity index (χ4n) is 2.21. The smallest absolute Gasteiger partial charge is 0.248 e. The van der Waals surface area contributed by atoms with Crippen LogP contribution in [0.1, 0.15) is 52.4 Å². The van der Waals surface area contributed by atoms with Gasteiger partial charge in [0.1, 0.15) is 6.61 Å². The number of amides is 1. The van der Waals surface area contributed by atoms with Crippen LogP contribution < -0.4 is 5.73 Å². The third kappa shape index (κ3) is 4.94. The molecule has 2 N–H and O–H groups in total. The fourth-order valence-corrected chi connectivity index (χ4v) is 2.21. The van der Waals surface area contributed by atoms with Gasteiger partial charge < -0.3 is 15.4 Å². The lowest BCUT2D eigenvalue weighted by molar-refractivity contribution is -0.136. The first-order chi connectivity index (χ1) is 8.61. The van der Waals surface area contributed by atoms with E-state index < -0.39 is 0 Å². The number of hydrogen-bond donors (Lipinski definition) is 1. The summed E-state index contributed by atoms with van der Waals surface area (Å²) in [6, 6.07) is 0. The summed E-state index contributed by atoms with van der Waals surface area (Å²) in [7, 11) is 0. The predicted octanol–water partition coefficient (Wildman–Crippen LogP) is 1.92. The predicted molar refractivity (Wildman–Crippen MR) is 73.4 cm³/mol. The van der Waals surface area contributed by atoms with Gasteiger partial charge in [0, 0.05) is 18.6 Å². The van der Waals surface area contributed by atoms with Crippen molar-refractivity contribution in [1.82, 2.24) is 4.90 Å². The zero-order valence-electron chi connectivity index (χ0n) is 11.9. The molecule has 18 heavy (non-hydrogen) atoms. The van der Waals surface area contributed by atoms with E-state index in [1.807, 2.05) is 4.90 Å². The number of nitrogens with two attached hydrogens (primary N) is 1. The van der Waals surface area contributed by atoms with E-state index in [1.54, 1.807) is 0 Å². The molecule has 106 valence electrons. The monoisotopic (exact) mass is 256 g/mol. The van der Waals surface area contributed by atoms with Crippen LogP contribution in [0.2, 0.25) is 0 Å². The number of nitrogens with zero attached hydrogens (tertiary/aromatic N) is 1. The zero-order chi connectivity index (χ0) is 13.4. The Morgan fingerprint density at radius 3 is 2.22 bits per heavy atom. The minimum Gasteiger partial charge on any atom is -0.370 e. The number of carbonyl (C=O) groups excluding carboxylic acids is 1. The topological polar surface area (TPSA) is 55.6 Å². The molecule has 1 aliphatic heterocycles. The summed E-state index contributed by atoms with van der Waals surface area (Å²) in [6.07, 6.45) is 6.47. The van der Waals surface area contributed by atoms with Gasteiger partial charge in [0.25, 0.3) is 0 Å². The van der Waals surface area contributed by atoms with E-state index >= 15 is 0 Å². The Hall–Kier alpha value is -0.610. The van der Waals surface area contributed by atoms with Gasteiger partial charge in [0.2, 0.25) is 5.91 Å². The Labute approximate surface area is 111 Å². The van der Waals surface area contributed by atoms with Gasteiger partial charge in [-0.1, -0.05) is 26.7 Å². The second-order valence-electron chi connectivity index (χ2n) is 5.36. The highest BCUT2D eigenvalue weighted by atomic mass is 16.5. The molecule has 0 saturated carbocycles. The van der Waals surface area contributed by atoms with E-state index in [-0.39, 0.29) is 18.1 Å². The summed E-state index contributed by atoms with van der Waals surface area (Å²) >= 11 is 0. The summed E-state index contributed by atoms with van der Waals surface area (Å²) < 4.78 is 5.52. The molecular weight excluding hydrogens is 228 g/mol. The second kappa shape index (κ2) is 7.74. The largest absolute Gasteiger partial charge is 0.370 e. The molecule has 0 aromatic carbocycles. The molecular formula is C14H28N2O2. The molecule has 0 aromatic rings. The average molecular weight is 256 g/mol. The van der Waals surface area contributed by atoms with Gasteiger partial charge in [-0.15, -0.1) is 0 Å². The molecule has 0 aliphatic carbocycles. The first-order valence-corrected chi connectivity index (χ1v) is 7.25. The van der Waals surface area contributed by atoms with Crippen LogP contribution in [0.15, 0.2) is 0 Å². The SMILES string of the molecule is CCC(N)(CC)COCC(=O)N1CCCCCC1. The number of likely N-dealkylation sites (tertiary alicyclic amines) is 1. The molecule has 1 fully saturated rings. The maximum absolute atomic E-state index is 12.0. The van der Waals surface area contributed by atoms with Gasteiger partial charge in [-0.2, -0.15) is 0 Å². The quantitative estimate of drug-likeness (QED) is 0.790. The van der Waals surface area contributed by atoms with Crippen molar-refractivity contribution in [3.05, 3.63) is 0 Å². The van der Waals surface area contributed by atoms with E-state index in [9.17, 15) is 4.79 Å². The first-order valence-electron chi connectivity index (χ1n) is 7.25. The molecule has 1 amide bonds. The fraction of sp³-hybridized carbons (Fsp3) is 0.929. The van der Waals surface area contributed by atoms with Crippen LogP contribution in [-0.2, 0) is 9.53 Å². The van der Waals surface area contributed by atoms with E-state index in [2.05, 4.69) is 13.8 Å². The number of carbonyl (C=O) groups is 1. The van der Waals surface area contributed by atoms with Crippen LogP contribution in [0.4, 0.5) is 0 Å². The minimum atomic E-state index is -0.279. The van der Waals surface area contributed by atoms with Crippen LogP contribution >= 0.6 is 0 Å². The van der Waals surface area contributed by atoms with Crippen molar-refractivity contribution in [2.75, 3.05) is 26.3 Å². The van der Waals surface area contributed by atoms with E-state index in [4.69, 9.17) is 10.5 Å². The highest BCUT2D eigenvalue weighted by Crippen LogP contribution is 2.12. The highest BCUT2D eigenvalue weighted by molar-refractivity contribution is 5.77. The normalized spacial score (nSPS) is 17.6. The van der Waals surface area contributed by atoms with Gasteiger partial charge in [-0.05, 0) is 25.7 Å². The third-order valence-corrected chi connectivity index (χ3v) is 3.98. The summed E-state index contributed by atoms with van der Waals surface area (Å²) in [5.74, 6) is 0.117. The van der Waals surface area contributed by atoms with Crippen molar-refractivity contribution in [1.29, 1.82) is 0 Å². The number of rotatable bonds is 6. The van der Waals surface area contributed by atoms with Crippen molar-refractivity contribution in [2.24, 2.45) is 5.73 Å². The Morgan fingerprint density at radius 1 is 1.17 bits per heavy atom.